The van der Waals surface area contributed by atoms with Crippen LogP contribution in [0.15, 0.2) is 28.6 Å². The summed E-state index contributed by atoms with van der Waals surface area (Å²) < 4.78 is 28.7. The van der Waals surface area contributed by atoms with Crippen molar-refractivity contribution in [1.82, 2.24) is 19.8 Å². The number of thiophene rings is 1. The second-order valence-electron chi connectivity index (χ2n) is 4.62. The molecule has 0 unspecified atom stereocenters. The van der Waals surface area contributed by atoms with Gasteiger partial charge in [0.05, 0.1) is 4.90 Å². The molecule has 116 valence electrons. The highest BCUT2D eigenvalue weighted by Gasteiger charge is 2.15. The van der Waals surface area contributed by atoms with Crippen LogP contribution in [0.2, 0.25) is 0 Å². The summed E-state index contributed by atoms with van der Waals surface area (Å²) in [7, 11) is -1.58. The van der Waals surface area contributed by atoms with Crippen molar-refractivity contribution in [3.8, 4) is 0 Å². The molecule has 2 rings (SSSR count). The standard InChI is InChI=1S/C13H20N4O2S2/c1-3-14-9-12-8-13(10-20-12)21(18,19)16-7-5-11-4-6-15-17(11)2/h4,6,8,10,14,16H,3,5,7,9H2,1-2H3. The Bertz CT molecular complexity index is 676. The largest absolute Gasteiger partial charge is 0.312 e. The van der Waals surface area contributed by atoms with Gasteiger partial charge >= 0.3 is 0 Å². The zero-order chi connectivity index (χ0) is 15.3. The van der Waals surface area contributed by atoms with Crippen molar-refractivity contribution in [2.75, 3.05) is 13.1 Å². The average Bonchev–Trinajstić information content (AvgIpc) is 3.06. The van der Waals surface area contributed by atoms with Crippen molar-refractivity contribution in [2.45, 2.75) is 24.8 Å². The first-order valence-corrected chi connectivity index (χ1v) is 9.14. The summed E-state index contributed by atoms with van der Waals surface area (Å²) >= 11 is 1.45. The van der Waals surface area contributed by atoms with Crippen LogP contribution >= 0.6 is 11.3 Å². The minimum atomic E-state index is -3.43. The van der Waals surface area contributed by atoms with E-state index in [1.54, 1.807) is 22.3 Å². The minimum Gasteiger partial charge on any atom is -0.312 e. The molecule has 0 aliphatic rings. The van der Waals surface area contributed by atoms with E-state index < -0.39 is 10.0 Å². The van der Waals surface area contributed by atoms with Crippen LogP contribution in [0.4, 0.5) is 0 Å². The molecule has 0 fully saturated rings. The molecule has 0 aliphatic carbocycles. The molecule has 8 heteroatoms. The van der Waals surface area contributed by atoms with Gasteiger partial charge in [0.15, 0.2) is 0 Å². The highest BCUT2D eigenvalue weighted by molar-refractivity contribution is 7.89. The lowest BCUT2D eigenvalue weighted by molar-refractivity contribution is 0.580. The lowest BCUT2D eigenvalue weighted by Crippen LogP contribution is -2.26. The quantitative estimate of drug-likeness (QED) is 0.761. The molecule has 0 saturated carbocycles. The van der Waals surface area contributed by atoms with Gasteiger partial charge in [-0.25, -0.2) is 13.1 Å². The van der Waals surface area contributed by atoms with E-state index >= 15 is 0 Å². The van der Waals surface area contributed by atoms with E-state index in [1.807, 2.05) is 20.0 Å². The first kappa shape index (κ1) is 16.2. The molecule has 0 radical (unpaired) electrons. The molecule has 0 amide bonds. The van der Waals surface area contributed by atoms with Gasteiger partial charge in [0.1, 0.15) is 0 Å². The molecular weight excluding hydrogens is 308 g/mol. The van der Waals surface area contributed by atoms with Crippen molar-refractivity contribution < 1.29 is 8.42 Å². The fraction of sp³-hybridized carbons (Fsp3) is 0.462. The van der Waals surface area contributed by atoms with Crippen LogP contribution < -0.4 is 10.0 Å². The van der Waals surface area contributed by atoms with Gasteiger partial charge in [0, 0.05) is 48.7 Å². The Labute approximate surface area is 129 Å². The number of hydrogen-bond donors (Lipinski definition) is 2. The monoisotopic (exact) mass is 328 g/mol. The van der Waals surface area contributed by atoms with Crippen molar-refractivity contribution in [1.29, 1.82) is 0 Å². The van der Waals surface area contributed by atoms with Crippen molar-refractivity contribution >= 4 is 21.4 Å². The molecule has 2 aromatic heterocycles. The fourth-order valence-corrected chi connectivity index (χ4v) is 4.16. The highest BCUT2D eigenvalue weighted by Crippen LogP contribution is 2.19. The normalized spacial score (nSPS) is 11.9. The number of rotatable bonds is 8. The van der Waals surface area contributed by atoms with Crippen LogP contribution in [-0.4, -0.2) is 31.3 Å². The number of nitrogens with zero attached hydrogens (tertiary/aromatic N) is 2. The summed E-state index contributed by atoms with van der Waals surface area (Å²) in [5.74, 6) is 0. The van der Waals surface area contributed by atoms with Crippen molar-refractivity contribution in [3.63, 3.8) is 0 Å². The highest BCUT2D eigenvalue weighted by atomic mass is 32.2. The Morgan fingerprint density at radius 2 is 2.24 bits per heavy atom. The molecule has 0 spiro atoms. The molecule has 2 heterocycles. The maximum absolute atomic E-state index is 12.2. The number of aromatic nitrogens is 2. The lowest BCUT2D eigenvalue weighted by atomic mass is 10.3. The molecule has 0 aliphatic heterocycles. The number of nitrogens with one attached hydrogen (secondary N) is 2. The Hall–Kier alpha value is -1.22. The smallest absolute Gasteiger partial charge is 0.241 e. The van der Waals surface area contributed by atoms with Gasteiger partial charge in [-0.1, -0.05) is 6.92 Å². The molecular formula is C13H20N4O2S2. The molecule has 0 bridgehead atoms. The van der Waals surface area contributed by atoms with Crippen LogP contribution in [0.25, 0.3) is 0 Å². The first-order valence-electron chi connectivity index (χ1n) is 6.77. The molecule has 0 saturated heterocycles. The zero-order valence-corrected chi connectivity index (χ0v) is 13.8. The van der Waals surface area contributed by atoms with Gasteiger partial charge in [-0.2, -0.15) is 5.10 Å². The van der Waals surface area contributed by atoms with Gasteiger partial charge in [-0.3, -0.25) is 4.68 Å². The van der Waals surface area contributed by atoms with E-state index in [0.29, 0.717) is 24.4 Å². The Kier molecular flexibility index (Phi) is 5.51. The molecule has 21 heavy (non-hydrogen) atoms. The van der Waals surface area contributed by atoms with Crippen LogP contribution in [0.1, 0.15) is 17.5 Å². The summed E-state index contributed by atoms with van der Waals surface area (Å²) in [6, 6.07) is 3.60. The zero-order valence-electron chi connectivity index (χ0n) is 12.2. The third kappa shape index (κ3) is 4.37. The average molecular weight is 328 g/mol. The summed E-state index contributed by atoms with van der Waals surface area (Å²) in [6.45, 7) is 3.94. The second-order valence-corrected chi connectivity index (χ2v) is 7.39. The SMILES string of the molecule is CCNCc1cc(S(=O)(=O)NCCc2ccnn2C)cs1. The number of sulfonamides is 1. The van der Waals surface area contributed by atoms with Gasteiger partial charge in [-0.05, 0) is 18.7 Å². The van der Waals surface area contributed by atoms with E-state index in [9.17, 15) is 8.42 Å². The third-order valence-corrected chi connectivity index (χ3v) is 5.61. The number of hydrogen-bond acceptors (Lipinski definition) is 5. The van der Waals surface area contributed by atoms with Gasteiger partial charge in [0.2, 0.25) is 10.0 Å². The summed E-state index contributed by atoms with van der Waals surface area (Å²) in [4.78, 5) is 1.36. The van der Waals surface area contributed by atoms with E-state index in [1.165, 1.54) is 11.3 Å². The molecule has 2 aromatic rings. The van der Waals surface area contributed by atoms with E-state index in [2.05, 4.69) is 15.1 Å². The van der Waals surface area contributed by atoms with Gasteiger partial charge in [-0.15, -0.1) is 11.3 Å². The second kappa shape index (κ2) is 7.17. The molecule has 0 aromatic carbocycles. The Morgan fingerprint density at radius 1 is 1.43 bits per heavy atom. The van der Waals surface area contributed by atoms with Gasteiger partial charge < -0.3 is 5.32 Å². The summed E-state index contributed by atoms with van der Waals surface area (Å²) in [5.41, 5.74) is 0.996. The molecule has 2 N–H and O–H groups in total. The van der Waals surface area contributed by atoms with Crippen LogP contribution in [0.5, 0.6) is 0 Å². The van der Waals surface area contributed by atoms with E-state index in [-0.39, 0.29) is 0 Å². The fourth-order valence-electron chi connectivity index (χ4n) is 1.89. The van der Waals surface area contributed by atoms with E-state index in [0.717, 1.165) is 17.1 Å². The lowest BCUT2D eigenvalue weighted by Gasteiger charge is -2.05. The van der Waals surface area contributed by atoms with Crippen LogP contribution in [-0.2, 0) is 30.0 Å². The first-order chi connectivity index (χ1) is 10.0. The predicted octanol–water partition coefficient (Wildman–Crippen LogP) is 1.11. The predicted molar refractivity (Wildman–Crippen MR) is 83.8 cm³/mol. The molecule has 6 nitrogen and oxygen atoms in total. The van der Waals surface area contributed by atoms with Crippen LogP contribution in [0.3, 0.4) is 0 Å². The summed E-state index contributed by atoms with van der Waals surface area (Å²) in [6.07, 6.45) is 2.32. The molecule has 0 atom stereocenters. The maximum atomic E-state index is 12.2. The summed E-state index contributed by atoms with van der Waals surface area (Å²) in [5, 5.41) is 8.92. The van der Waals surface area contributed by atoms with E-state index in [4.69, 9.17) is 0 Å². The third-order valence-electron chi connectivity index (χ3n) is 3.08. The Balaban J connectivity index is 1.92. The van der Waals surface area contributed by atoms with Crippen LogP contribution in [0, 0.1) is 0 Å². The van der Waals surface area contributed by atoms with Gasteiger partial charge in [0.25, 0.3) is 0 Å². The maximum Gasteiger partial charge on any atom is 0.241 e. The minimum absolute atomic E-state index is 0.338. The Morgan fingerprint density at radius 3 is 2.90 bits per heavy atom. The van der Waals surface area contributed by atoms with Crippen molar-refractivity contribution in [2.24, 2.45) is 7.05 Å². The topological polar surface area (TPSA) is 76.0 Å². The number of aryl methyl sites for hydroxylation is 1. The van der Waals surface area contributed by atoms with Crippen molar-refractivity contribution in [3.05, 3.63) is 34.3 Å².